The first kappa shape index (κ1) is 11.5. The molecule has 2 rings (SSSR count). The fourth-order valence-electron chi connectivity index (χ4n) is 1.94. The van der Waals surface area contributed by atoms with Gasteiger partial charge in [-0.05, 0) is 6.07 Å². The second-order valence-corrected chi connectivity index (χ2v) is 4.25. The van der Waals surface area contributed by atoms with Gasteiger partial charge in [-0.3, -0.25) is 0 Å². The van der Waals surface area contributed by atoms with E-state index in [2.05, 4.69) is 4.98 Å². The quantitative estimate of drug-likeness (QED) is 0.890. The van der Waals surface area contributed by atoms with Crippen LogP contribution in [0.5, 0.6) is 5.88 Å². The number of rotatable bonds is 3. The SMILES string of the molecule is COc1nccc(Cl)c1C1(CN)CC1(F)F. The summed E-state index contributed by atoms with van der Waals surface area (Å²) in [6.45, 7) is -0.179. The summed E-state index contributed by atoms with van der Waals surface area (Å²) < 4.78 is 31.8. The predicted octanol–water partition coefficient (Wildman–Crippen LogP) is 1.98. The van der Waals surface area contributed by atoms with Gasteiger partial charge in [-0.2, -0.15) is 0 Å². The molecule has 88 valence electrons. The number of nitrogens with two attached hydrogens (primary N) is 1. The predicted molar refractivity (Wildman–Crippen MR) is 56.1 cm³/mol. The Kier molecular flexibility index (Phi) is 2.55. The van der Waals surface area contributed by atoms with E-state index in [4.69, 9.17) is 22.1 Å². The average Bonchev–Trinajstić information content (AvgIpc) is 2.81. The Morgan fingerprint density at radius 2 is 2.25 bits per heavy atom. The molecule has 16 heavy (non-hydrogen) atoms. The van der Waals surface area contributed by atoms with Crippen molar-refractivity contribution >= 4 is 11.6 Å². The summed E-state index contributed by atoms with van der Waals surface area (Å²) in [6, 6.07) is 1.46. The zero-order valence-electron chi connectivity index (χ0n) is 8.64. The molecule has 1 saturated carbocycles. The Bertz CT molecular complexity index is 427. The number of alkyl halides is 2. The summed E-state index contributed by atoms with van der Waals surface area (Å²) in [5, 5.41) is 0.217. The highest BCUT2D eigenvalue weighted by molar-refractivity contribution is 6.31. The van der Waals surface area contributed by atoms with Crippen molar-refractivity contribution in [3.63, 3.8) is 0 Å². The monoisotopic (exact) mass is 248 g/mol. The Morgan fingerprint density at radius 1 is 1.62 bits per heavy atom. The number of hydrogen-bond acceptors (Lipinski definition) is 3. The van der Waals surface area contributed by atoms with Crippen LogP contribution in [-0.4, -0.2) is 24.6 Å². The second kappa shape index (κ2) is 3.53. The Labute approximate surface area is 96.6 Å². The van der Waals surface area contributed by atoms with Crippen LogP contribution in [0.25, 0.3) is 0 Å². The van der Waals surface area contributed by atoms with Gasteiger partial charge in [0, 0.05) is 24.7 Å². The van der Waals surface area contributed by atoms with Crippen molar-refractivity contribution in [3.8, 4) is 5.88 Å². The van der Waals surface area contributed by atoms with E-state index in [0.29, 0.717) is 0 Å². The molecule has 0 amide bonds. The van der Waals surface area contributed by atoms with Gasteiger partial charge in [-0.15, -0.1) is 0 Å². The van der Waals surface area contributed by atoms with E-state index in [1.54, 1.807) is 0 Å². The number of aromatic nitrogens is 1. The van der Waals surface area contributed by atoms with E-state index in [9.17, 15) is 8.78 Å². The highest BCUT2D eigenvalue weighted by atomic mass is 35.5. The van der Waals surface area contributed by atoms with Crippen molar-refractivity contribution in [2.45, 2.75) is 17.8 Å². The average molecular weight is 249 g/mol. The van der Waals surface area contributed by atoms with E-state index in [-0.39, 0.29) is 29.4 Å². The van der Waals surface area contributed by atoms with Gasteiger partial charge in [-0.25, -0.2) is 13.8 Å². The largest absolute Gasteiger partial charge is 0.481 e. The van der Waals surface area contributed by atoms with Crippen molar-refractivity contribution in [1.29, 1.82) is 0 Å². The van der Waals surface area contributed by atoms with Crippen molar-refractivity contribution in [3.05, 3.63) is 22.8 Å². The number of nitrogens with zero attached hydrogens (tertiary/aromatic N) is 1. The second-order valence-electron chi connectivity index (χ2n) is 3.84. The van der Waals surface area contributed by atoms with E-state index >= 15 is 0 Å². The molecule has 1 fully saturated rings. The summed E-state index contributed by atoms with van der Waals surface area (Å²) in [4.78, 5) is 3.88. The van der Waals surface area contributed by atoms with Crippen LogP contribution in [-0.2, 0) is 5.41 Å². The number of hydrogen-bond donors (Lipinski definition) is 1. The minimum absolute atomic E-state index is 0.120. The molecule has 6 heteroatoms. The van der Waals surface area contributed by atoms with Crippen molar-refractivity contribution in [2.75, 3.05) is 13.7 Å². The molecule has 1 heterocycles. The standard InChI is InChI=1S/C10H11ClF2N2O/c1-16-8-7(6(11)2-3-15-8)9(5-14)4-10(9,12)13/h2-3H,4-5,14H2,1H3. The van der Waals surface area contributed by atoms with Crippen molar-refractivity contribution < 1.29 is 13.5 Å². The molecule has 1 aromatic heterocycles. The van der Waals surface area contributed by atoms with Crippen LogP contribution < -0.4 is 10.5 Å². The molecule has 3 nitrogen and oxygen atoms in total. The lowest BCUT2D eigenvalue weighted by atomic mass is 9.96. The van der Waals surface area contributed by atoms with Gasteiger partial charge in [-0.1, -0.05) is 11.6 Å². The van der Waals surface area contributed by atoms with Crippen LogP contribution in [0, 0.1) is 0 Å². The molecule has 0 aromatic carbocycles. The molecule has 0 saturated heterocycles. The molecule has 0 spiro atoms. The lowest BCUT2D eigenvalue weighted by Crippen LogP contribution is -2.28. The maximum atomic E-state index is 13.4. The Morgan fingerprint density at radius 3 is 2.69 bits per heavy atom. The summed E-state index contributed by atoms with van der Waals surface area (Å²) >= 11 is 5.93. The first-order valence-electron chi connectivity index (χ1n) is 4.75. The van der Waals surface area contributed by atoms with Gasteiger partial charge in [0.05, 0.1) is 17.5 Å². The highest BCUT2D eigenvalue weighted by Gasteiger charge is 2.72. The molecule has 2 N–H and O–H groups in total. The molecule has 1 aliphatic rings. The molecule has 0 radical (unpaired) electrons. The first-order valence-corrected chi connectivity index (χ1v) is 5.13. The minimum atomic E-state index is -2.83. The summed E-state index contributed by atoms with van der Waals surface area (Å²) in [6.07, 6.45) is 1.10. The fourth-order valence-corrected chi connectivity index (χ4v) is 2.26. The minimum Gasteiger partial charge on any atom is -0.481 e. The number of pyridine rings is 1. The van der Waals surface area contributed by atoms with E-state index in [0.717, 1.165) is 0 Å². The molecule has 0 aliphatic heterocycles. The molecule has 0 bridgehead atoms. The van der Waals surface area contributed by atoms with Gasteiger partial charge in [0.1, 0.15) is 0 Å². The van der Waals surface area contributed by atoms with Gasteiger partial charge in [0.2, 0.25) is 5.88 Å². The Hall–Kier alpha value is -0.940. The van der Waals surface area contributed by atoms with Crippen molar-refractivity contribution in [1.82, 2.24) is 4.98 Å². The smallest absolute Gasteiger partial charge is 0.260 e. The zero-order valence-corrected chi connectivity index (χ0v) is 9.39. The van der Waals surface area contributed by atoms with Crippen LogP contribution in [0.2, 0.25) is 5.02 Å². The first-order chi connectivity index (χ1) is 7.48. The van der Waals surface area contributed by atoms with Crippen molar-refractivity contribution in [2.24, 2.45) is 5.73 Å². The molecule has 1 unspecified atom stereocenters. The third kappa shape index (κ3) is 1.38. The van der Waals surface area contributed by atoms with Gasteiger partial charge < -0.3 is 10.5 Å². The van der Waals surface area contributed by atoms with Gasteiger partial charge in [0.25, 0.3) is 5.92 Å². The van der Waals surface area contributed by atoms with Crippen LogP contribution in [0.15, 0.2) is 12.3 Å². The molecular formula is C10H11ClF2N2O. The van der Waals surface area contributed by atoms with E-state index < -0.39 is 11.3 Å². The third-order valence-corrected chi connectivity index (χ3v) is 3.30. The van der Waals surface area contributed by atoms with Gasteiger partial charge in [0.15, 0.2) is 0 Å². The van der Waals surface area contributed by atoms with Crippen LogP contribution in [0.3, 0.4) is 0 Å². The number of halogens is 3. The highest BCUT2D eigenvalue weighted by Crippen LogP contribution is 2.63. The van der Waals surface area contributed by atoms with Crippen LogP contribution in [0.4, 0.5) is 8.78 Å². The lowest BCUT2D eigenvalue weighted by molar-refractivity contribution is 0.0887. The third-order valence-electron chi connectivity index (χ3n) is 2.98. The normalized spacial score (nSPS) is 26.6. The summed E-state index contributed by atoms with van der Waals surface area (Å²) in [5.41, 5.74) is 4.25. The van der Waals surface area contributed by atoms with Gasteiger partial charge >= 0.3 is 0 Å². The fraction of sp³-hybridized carbons (Fsp3) is 0.500. The number of ether oxygens (including phenoxy) is 1. The summed E-state index contributed by atoms with van der Waals surface area (Å²) in [7, 11) is 1.37. The maximum Gasteiger partial charge on any atom is 0.260 e. The van der Waals surface area contributed by atoms with Crippen LogP contribution in [0.1, 0.15) is 12.0 Å². The van der Waals surface area contributed by atoms with E-state index in [1.807, 2.05) is 0 Å². The Balaban J connectivity index is 2.56. The van der Waals surface area contributed by atoms with Crippen LogP contribution >= 0.6 is 11.6 Å². The molecule has 1 aromatic rings. The molecule has 1 aliphatic carbocycles. The van der Waals surface area contributed by atoms with E-state index in [1.165, 1.54) is 19.4 Å². The zero-order chi connectivity index (χ0) is 12.0. The topological polar surface area (TPSA) is 48.1 Å². The number of methoxy groups -OCH3 is 1. The molecular weight excluding hydrogens is 238 g/mol. The summed E-state index contributed by atoms with van der Waals surface area (Å²) in [5.74, 6) is -2.71. The maximum absolute atomic E-state index is 13.4. The lowest BCUT2D eigenvalue weighted by Gasteiger charge is -2.18. The molecule has 1 atom stereocenters.